The van der Waals surface area contributed by atoms with E-state index >= 15 is 0 Å². The van der Waals surface area contributed by atoms with Gasteiger partial charge in [-0.3, -0.25) is 4.79 Å². The van der Waals surface area contributed by atoms with Crippen LogP contribution in [-0.2, 0) is 6.18 Å². The minimum atomic E-state index is -4.80. The summed E-state index contributed by atoms with van der Waals surface area (Å²) >= 11 is 0. The summed E-state index contributed by atoms with van der Waals surface area (Å²) in [5.74, 6) is -1.84. The lowest BCUT2D eigenvalue weighted by atomic mass is 9.82. The standard InChI is InChI=1S/C15H17F4NO/c1-14(2)5-7-20(8-6-14)13(21)10-3-4-12(16)11(9-10)15(17,18)19/h3-4,9H,5-8H2,1-2H3. The molecule has 1 saturated heterocycles. The number of hydrogen-bond donors (Lipinski definition) is 0. The van der Waals surface area contributed by atoms with Crippen molar-refractivity contribution in [3.8, 4) is 0 Å². The van der Waals surface area contributed by atoms with Crippen molar-refractivity contribution in [2.75, 3.05) is 13.1 Å². The number of alkyl halides is 3. The molecule has 21 heavy (non-hydrogen) atoms. The molecule has 6 heteroatoms. The van der Waals surface area contributed by atoms with Crippen molar-refractivity contribution in [1.29, 1.82) is 0 Å². The van der Waals surface area contributed by atoms with Crippen molar-refractivity contribution in [2.45, 2.75) is 32.9 Å². The van der Waals surface area contributed by atoms with Gasteiger partial charge < -0.3 is 4.90 Å². The molecular formula is C15H17F4NO. The number of benzene rings is 1. The number of halogens is 4. The maximum atomic E-state index is 13.2. The van der Waals surface area contributed by atoms with E-state index in [2.05, 4.69) is 13.8 Å². The Hall–Kier alpha value is -1.59. The molecule has 2 rings (SSSR count). The Bertz CT molecular complexity index is 541. The zero-order valence-electron chi connectivity index (χ0n) is 11.9. The third kappa shape index (κ3) is 3.54. The lowest BCUT2D eigenvalue weighted by molar-refractivity contribution is -0.140. The lowest BCUT2D eigenvalue weighted by Crippen LogP contribution is -2.41. The van der Waals surface area contributed by atoms with Crippen LogP contribution < -0.4 is 0 Å². The first-order valence-corrected chi connectivity index (χ1v) is 6.76. The minimum absolute atomic E-state index is 0.122. The summed E-state index contributed by atoms with van der Waals surface area (Å²) in [6, 6.07) is 2.40. The lowest BCUT2D eigenvalue weighted by Gasteiger charge is -2.37. The van der Waals surface area contributed by atoms with E-state index < -0.39 is 23.5 Å². The van der Waals surface area contributed by atoms with Crippen LogP contribution in [0.4, 0.5) is 17.6 Å². The predicted octanol–water partition coefficient (Wildman–Crippen LogP) is 4.11. The first kappa shape index (κ1) is 15.8. The molecule has 0 aliphatic carbocycles. The van der Waals surface area contributed by atoms with Gasteiger partial charge in [-0.1, -0.05) is 13.8 Å². The molecule has 0 aromatic heterocycles. The fourth-order valence-electron chi connectivity index (χ4n) is 2.37. The highest BCUT2D eigenvalue weighted by molar-refractivity contribution is 5.94. The van der Waals surface area contributed by atoms with Gasteiger partial charge in [0.25, 0.3) is 5.91 Å². The molecular weight excluding hydrogens is 286 g/mol. The van der Waals surface area contributed by atoms with Crippen molar-refractivity contribution in [3.05, 3.63) is 35.1 Å². The highest BCUT2D eigenvalue weighted by Gasteiger charge is 2.35. The van der Waals surface area contributed by atoms with Crippen LogP contribution in [0.15, 0.2) is 18.2 Å². The van der Waals surface area contributed by atoms with E-state index in [1.807, 2.05) is 0 Å². The smallest absolute Gasteiger partial charge is 0.339 e. The minimum Gasteiger partial charge on any atom is -0.339 e. The maximum absolute atomic E-state index is 13.2. The number of likely N-dealkylation sites (tertiary alicyclic amines) is 1. The van der Waals surface area contributed by atoms with Gasteiger partial charge in [0, 0.05) is 18.7 Å². The molecule has 116 valence electrons. The van der Waals surface area contributed by atoms with E-state index in [0.29, 0.717) is 25.2 Å². The topological polar surface area (TPSA) is 20.3 Å². The summed E-state index contributed by atoms with van der Waals surface area (Å²) in [5.41, 5.74) is -1.38. The Balaban J connectivity index is 2.21. The summed E-state index contributed by atoms with van der Waals surface area (Å²) in [4.78, 5) is 13.8. The molecule has 1 aliphatic heterocycles. The molecule has 0 saturated carbocycles. The summed E-state index contributed by atoms with van der Waals surface area (Å²) in [7, 11) is 0. The molecule has 0 unspecified atom stereocenters. The van der Waals surface area contributed by atoms with Crippen LogP contribution in [0.1, 0.15) is 42.6 Å². The van der Waals surface area contributed by atoms with Gasteiger partial charge >= 0.3 is 6.18 Å². The van der Waals surface area contributed by atoms with Crippen molar-refractivity contribution in [3.63, 3.8) is 0 Å². The number of piperidine rings is 1. The predicted molar refractivity (Wildman–Crippen MR) is 70.3 cm³/mol. The first-order valence-electron chi connectivity index (χ1n) is 6.76. The van der Waals surface area contributed by atoms with E-state index in [1.54, 1.807) is 0 Å². The number of rotatable bonds is 1. The Kier molecular flexibility index (Phi) is 4.00. The number of nitrogens with zero attached hydrogens (tertiary/aromatic N) is 1. The summed E-state index contributed by atoms with van der Waals surface area (Å²) in [5, 5.41) is 0. The normalized spacial score (nSPS) is 18.7. The van der Waals surface area contributed by atoms with E-state index in [4.69, 9.17) is 0 Å². The van der Waals surface area contributed by atoms with Gasteiger partial charge in [-0.05, 0) is 36.5 Å². The zero-order valence-corrected chi connectivity index (χ0v) is 11.9. The maximum Gasteiger partial charge on any atom is 0.419 e. The van der Waals surface area contributed by atoms with Gasteiger partial charge in [0.15, 0.2) is 0 Å². The van der Waals surface area contributed by atoms with Crippen molar-refractivity contribution < 1.29 is 22.4 Å². The molecule has 0 radical (unpaired) electrons. The highest BCUT2D eigenvalue weighted by Crippen LogP contribution is 2.33. The Morgan fingerprint density at radius 3 is 2.29 bits per heavy atom. The molecule has 0 bridgehead atoms. The van der Waals surface area contributed by atoms with Gasteiger partial charge in [-0.2, -0.15) is 13.2 Å². The monoisotopic (exact) mass is 303 g/mol. The van der Waals surface area contributed by atoms with Gasteiger partial charge in [0.05, 0.1) is 5.56 Å². The summed E-state index contributed by atoms with van der Waals surface area (Å²) < 4.78 is 51.2. The second-order valence-corrected chi connectivity index (χ2v) is 6.15. The molecule has 1 amide bonds. The SMILES string of the molecule is CC1(C)CCN(C(=O)c2ccc(F)c(C(F)(F)F)c2)CC1. The molecule has 1 heterocycles. The third-order valence-electron chi connectivity index (χ3n) is 3.92. The van der Waals surface area contributed by atoms with E-state index in [1.165, 1.54) is 4.90 Å². The Morgan fingerprint density at radius 1 is 1.19 bits per heavy atom. The third-order valence-corrected chi connectivity index (χ3v) is 3.92. The quantitative estimate of drug-likeness (QED) is 0.715. The molecule has 0 atom stereocenters. The van der Waals surface area contributed by atoms with Crippen LogP contribution in [0, 0.1) is 11.2 Å². The van der Waals surface area contributed by atoms with Crippen LogP contribution >= 0.6 is 0 Å². The Morgan fingerprint density at radius 2 is 1.76 bits per heavy atom. The van der Waals surface area contributed by atoms with E-state index in [-0.39, 0.29) is 11.0 Å². The molecule has 2 nitrogen and oxygen atoms in total. The Labute approximate surface area is 120 Å². The highest BCUT2D eigenvalue weighted by atomic mass is 19.4. The van der Waals surface area contributed by atoms with Gasteiger partial charge in [-0.25, -0.2) is 4.39 Å². The van der Waals surface area contributed by atoms with Crippen molar-refractivity contribution in [2.24, 2.45) is 5.41 Å². The average Bonchev–Trinajstić information content (AvgIpc) is 2.37. The van der Waals surface area contributed by atoms with Crippen LogP contribution in [0.3, 0.4) is 0 Å². The largest absolute Gasteiger partial charge is 0.419 e. The number of carbonyl (C=O) groups is 1. The van der Waals surface area contributed by atoms with Gasteiger partial charge in [0.1, 0.15) is 5.82 Å². The van der Waals surface area contributed by atoms with Crippen LogP contribution in [0.2, 0.25) is 0 Å². The van der Waals surface area contributed by atoms with Gasteiger partial charge in [-0.15, -0.1) is 0 Å². The molecule has 1 fully saturated rings. The second kappa shape index (κ2) is 5.31. The van der Waals surface area contributed by atoms with Gasteiger partial charge in [0.2, 0.25) is 0 Å². The molecule has 1 aromatic carbocycles. The number of amides is 1. The molecule has 0 spiro atoms. The van der Waals surface area contributed by atoms with Crippen LogP contribution in [-0.4, -0.2) is 23.9 Å². The zero-order chi connectivity index (χ0) is 15.8. The molecule has 1 aromatic rings. The number of hydrogen-bond acceptors (Lipinski definition) is 1. The second-order valence-electron chi connectivity index (χ2n) is 6.15. The van der Waals surface area contributed by atoms with Crippen molar-refractivity contribution in [1.82, 2.24) is 4.90 Å². The molecule has 1 aliphatic rings. The number of carbonyl (C=O) groups excluding carboxylic acids is 1. The van der Waals surface area contributed by atoms with E-state index in [9.17, 15) is 22.4 Å². The van der Waals surface area contributed by atoms with E-state index in [0.717, 1.165) is 18.9 Å². The van der Waals surface area contributed by atoms with Crippen LogP contribution in [0.5, 0.6) is 0 Å². The average molecular weight is 303 g/mol. The fraction of sp³-hybridized carbons (Fsp3) is 0.533. The summed E-state index contributed by atoms with van der Waals surface area (Å²) in [6.45, 7) is 5.19. The summed E-state index contributed by atoms with van der Waals surface area (Å²) in [6.07, 6.45) is -3.21. The molecule has 0 N–H and O–H groups in total. The fourth-order valence-corrected chi connectivity index (χ4v) is 2.37. The van der Waals surface area contributed by atoms with Crippen molar-refractivity contribution >= 4 is 5.91 Å². The first-order chi connectivity index (χ1) is 9.60. The van der Waals surface area contributed by atoms with Crippen LogP contribution in [0.25, 0.3) is 0 Å².